The summed E-state index contributed by atoms with van der Waals surface area (Å²) in [5.41, 5.74) is 2.02. The van der Waals surface area contributed by atoms with Crippen molar-refractivity contribution in [2.45, 2.75) is 26.8 Å². The molecule has 1 aliphatic heterocycles. The van der Waals surface area contributed by atoms with Gasteiger partial charge in [0.05, 0.1) is 35.6 Å². The average Bonchev–Trinajstić information content (AvgIpc) is 3.57. The molecule has 0 bridgehead atoms. The van der Waals surface area contributed by atoms with Crippen LogP contribution in [0.15, 0.2) is 86.5 Å². The van der Waals surface area contributed by atoms with Gasteiger partial charge in [-0.1, -0.05) is 53.8 Å². The molecule has 9 heteroatoms. The molecule has 0 spiro atoms. The number of methoxy groups -OCH3 is 1. The van der Waals surface area contributed by atoms with Crippen LogP contribution in [0.4, 0.5) is 5.88 Å². The van der Waals surface area contributed by atoms with E-state index in [0.29, 0.717) is 32.1 Å². The fourth-order valence-corrected chi connectivity index (χ4v) is 5.78. The van der Waals surface area contributed by atoms with Gasteiger partial charge >= 0.3 is 5.97 Å². The fourth-order valence-electron chi connectivity index (χ4n) is 4.80. The molecule has 0 saturated carbocycles. The van der Waals surface area contributed by atoms with Crippen molar-refractivity contribution < 1.29 is 18.7 Å². The van der Waals surface area contributed by atoms with Crippen molar-refractivity contribution in [3.8, 4) is 5.75 Å². The zero-order valence-corrected chi connectivity index (χ0v) is 23.7. The number of hydrogen-bond acceptors (Lipinski definition) is 8. The molecule has 5 rings (SSSR count). The maximum absolute atomic E-state index is 14.0. The molecule has 1 atom stereocenters. The van der Waals surface area contributed by atoms with Crippen LogP contribution in [-0.4, -0.2) is 37.3 Å². The van der Waals surface area contributed by atoms with Gasteiger partial charge in [0, 0.05) is 30.8 Å². The third-order valence-corrected chi connectivity index (χ3v) is 7.75. The van der Waals surface area contributed by atoms with E-state index in [2.05, 4.69) is 18.7 Å². The molecule has 0 fully saturated rings. The molecule has 0 aliphatic carbocycles. The highest BCUT2D eigenvalue weighted by molar-refractivity contribution is 7.07. The minimum absolute atomic E-state index is 0.192. The summed E-state index contributed by atoms with van der Waals surface area (Å²) < 4.78 is 18.9. The standard InChI is InChI=1S/C31H31N3O5S/c1-5-33(6-2)25-18-17-23(39-25)19-24-29(35)34-28(21-13-15-22(37-4)16-14-21)26(30(36)38-7-3)27(32-31(34)40-24)20-11-9-8-10-12-20/h8-19,28H,5-7H2,1-4H3/b24-19+/t28-/m1/s1. The molecule has 0 N–H and O–H groups in total. The Morgan fingerprint density at radius 1 is 1.05 bits per heavy atom. The Bertz CT molecular complexity index is 1710. The molecule has 1 aliphatic rings. The van der Waals surface area contributed by atoms with Gasteiger partial charge in [-0.3, -0.25) is 9.36 Å². The number of carbonyl (C=O) groups is 1. The normalized spacial score (nSPS) is 15.0. The van der Waals surface area contributed by atoms with Crippen molar-refractivity contribution in [2.24, 2.45) is 4.99 Å². The predicted molar refractivity (Wildman–Crippen MR) is 156 cm³/mol. The number of aromatic nitrogens is 1. The molecule has 4 aromatic rings. The van der Waals surface area contributed by atoms with Crippen LogP contribution in [-0.2, 0) is 9.53 Å². The SMILES string of the molecule is CCOC(=O)C1=C(c2ccccc2)N=c2s/c(=C/c3ccc(N(CC)CC)o3)c(=O)n2[C@@H]1c1ccc(OC)cc1. The number of furan rings is 1. The number of fused-ring (bicyclic) bond motifs is 1. The number of anilines is 1. The molecular weight excluding hydrogens is 526 g/mol. The monoisotopic (exact) mass is 557 g/mol. The van der Waals surface area contributed by atoms with Crippen LogP contribution < -0.4 is 24.5 Å². The van der Waals surface area contributed by atoms with Crippen LogP contribution in [0.1, 0.15) is 43.7 Å². The first-order valence-corrected chi connectivity index (χ1v) is 14.1. The Balaban J connectivity index is 1.75. The number of esters is 1. The predicted octanol–water partition coefficient (Wildman–Crippen LogP) is 4.38. The van der Waals surface area contributed by atoms with Gasteiger partial charge in [-0.15, -0.1) is 0 Å². The van der Waals surface area contributed by atoms with Crippen molar-refractivity contribution >= 4 is 35.0 Å². The van der Waals surface area contributed by atoms with Crippen LogP contribution in [0.5, 0.6) is 5.75 Å². The van der Waals surface area contributed by atoms with Gasteiger partial charge in [-0.05, 0) is 44.5 Å². The lowest BCUT2D eigenvalue weighted by molar-refractivity contribution is -0.138. The summed E-state index contributed by atoms with van der Waals surface area (Å²) in [7, 11) is 1.59. The van der Waals surface area contributed by atoms with E-state index in [4.69, 9.17) is 18.9 Å². The first-order valence-electron chi connectivity index (χ1n) is 13.3. The Labute approximate surface area is 236 Å². The zero-order valence-electron chi connectivity index (χ0n) is 22.9. The summed E-state index contributed by atoms with van der Waals surface area (Å²) in [5, 5.41) is 0. The molecule has 0 saturated heterocycles. The summed E-state index contributed by atoms with van der Waals surface area (Å²) >= 11 is 1.26. The molecule has 0 unspecified atom stereocenters. The van der Waals surface area contributed by atoms with E-state index < -0.39 is 12.0 Å². The van der Waals surface area contributed by atoms with Crippen LogP contribution >= 0.6 is 11.3 Å². The van der Waals surface area contributed by atoms with E-state index in [1.807, 2.05) is 66.7 Å². The fraction of sp³-hybridized carbons (Fsp3) is 0.258. The Hall–Kier alpha value is -4.37. The minimum Gasteiger partial charge on any atom is -0.497 e. The second-order valence-corrected chi connectivity index (χ2v) is 10.1. The highest BCUT2D eigenvalue weighted by Crippen LogP contribution is 2.35. The number of ether oxygens (including phenoxy) is 2. The molecule has 40 heavy (non-hydrogen) atoms. The summed E-state index contributed by atoms with van der Waals surface area (Å²) in [6, 6.07) is 19.8. The Morgan fingerprint density at radius 2 is 1.77 bits per heavy atom. The van der Waals surface area contributed by atoms with Crippen LogP contribution in [0.3, 0.4) is 0 Å². The van der Waals surface area contributed by atoms with E-state index in [9.17, 15) is 9.59 Å². The lowest BCUT2D eigenvalue weighted by Crippen LogP contribution is -2.40. The highest BCUT2D eigenvalue weighted by Gasteiger charge is 2.35. The van der Waals surface area contributed by atoms with Gasteiger partial charge in [0.1, 0.15) is 11.5 Å². The smallest absolute Gasteiger partial charge is 0.338 e. The van der Waals surface area contributed by atoms with Crippen LogP contribution in [0, 0.1) is 0 Å². The molecule has 8 nitrogen and oxygen atoms in total. The summed E-state index contributed by atoms with van der Waals surface area (Å²) in [5.74, 6) is 1.47. The topological polar surface area (TPSA) is 86.3 Å². The molecule has 0 radical (unpaired) electrons. The molecule has 2 aromatic carbocycles. The molecular formula is C31H31N3O5S. The van der Waals surface area contributed by atoms with Gasteiger partial charge in [-0.2, -0.15) is 0 Å². The Kier molecular flexibility index (Phi) is 8.02. The summed E-state index contributed by atoms with van der Waals surface area (Å²) in [4.78, 5) is 35.0. The maximum Gasteiger partial charge on any atom is 0.338 e. The second kappa shape index (κ2) is 11.8. The lowest BCUT2D eigenvalue weighted by Gasteiger charge is -2.26. The van der Waals surface area contributed by atoms with Crippen LogP contribution in [0.2, 0.25) is 0 Å². The third kappa shape index (κ3) is 5.12. The maximum atomic E-state index is 14.0. The summed E-state index contributed by atoms with van der Waals surface area (Å²) in [6.07, 6.45) is 1.73. The molecule has 0 amide bonds. The van der Waals surface area contributed by atoms with Gasteiger partial charge in [-0.25, -0.2) is 9.79 Å². The van der Waals surface area contributed by atoms with E-state index in [1.54, 1.807) is 24.7 Å². The number of hydrogen-bond donors (Lipinski definition) is 0. The van der Waals surface area contributed by atoms with Crippen molar-refractivity contribution in [1.82, 2.24) is 4.57 Å². The minimum atomic E-state index is -0.749. The second-order valence-electron chi connectivity index (χ2n) is 9.05. The first kappa shape index (κ1) is 27.2. The average molecular weight is 558 g/mol. The lowest BCUT2D eigenvalue weighted by atomic mass is 9.93. The van der Waals surface area contributed by atoms with E-state index in [1.165, 1.54) is 11.3 Å². The molecule has 3 heterocycles. The number of benzene rings is 2. The van der Waals surface area contributed by atoms with Gasteiger partial charge in [0.25, 0.3) is 5.56 Å². The third-order valence-electron chi connectivity index (χ3n) is 6.77. The zero-order chi connectivity index (χ0) is 28.2. The first-order chi connectivity index (χ1) is 19.5. The quantitative estimate of drug-likeness (QED) is 0.284. The van der Waals surface area contributed by atoms with Crippen LogP contribution in [0.25, 0.3) is 11.8 Å². The van der Waals surface area contributed by atoms with E-state index in [-0.39, 0.29) is 12.2 Å². The number of nitrogens with zero attached hydrogens (tertiary/aromatic N) is 3. The highest BCUT2D eigenvalue weighted by atomic mass is 32.1. The van der Waals surface area contributed by atoms with Gasteiger partial charge in [0.2, 0.25) is 0 Å². The van der Waals surface area contributed by atoms with Crippen molar-refractivity contribution in [1.29, 1.82) is 0 Å². The molecule has 206 valence electrons. The van der Waals surface area contributed by atoms with Gasteiger partial charge < -0.3 is 18.8 Å². The van der Waals surface area contributed by atoms with Crippen molar-refractivity contribution in [2.75, 3.05) is 31.7 Å². The molecule has 2 aromatic heterocycles. The van der Waals surface area contributed by atoms with E-state index >= 15 is 0 Å². The van der Waals surface area contributed by atoms with Crippen molar-refractivity contribution in [3.63, 3.8) is 0 Å². The largest absolute Gasteiger partial charge is 0.497 e. The van der Waals surface area contributed by atoms with E-state index in [0.717, 1.165) is 30.1 Å². The Morgan fingerprint density at radius 3 is 2.42 bits per heavy atom. The van der Waals surface area contributed by atoms with Crippen molar-refractivity contribution in [3.05, 3.63) is 109 Å². The number of thiazole rings is 1. The number of rotatable bonds is 9. The number of carbonyl (C=O) groups excluding carboxylic acids is 1. The summed E-state index contributed by atoms with van der Waals surface area (Å²) in [6.45, 7) is 7.70. The van der Waals surface area contributed by atoms with Gasteiger partial charge in [0.15, 0.2) is 10.7 Å².